The van der Waals surface area contributed by atoms with Crippen molar-refractivity contribution < 1.29 is 59.5 Å². The summed E-state index contributed by atoms with van der Waals surface area (Å²) in [5.74, 6) is -0.569. The van der Waals surface area contributed by atoms with Crippen molar-refractivity contribution in [3.63, 3.8) is 0 Å². The van der Waals surface area contributed by atoms with Crippen LogP contribution in [-0.4, -0.2) is 159 Å². The zero-order chi connectivity index (χ0) is 30.2. The third kappa shape index (κ3) is 5.80. The quantitative estimate of drug-likeness (QED) is 0.0363. The number of rotatable bonds is 10. The van der Waals surface area contributed by atoms with E-state index in [0.717, 1.165) is 0 Å². The number of carbonyl (C=O) groups excluding carboxylic acids is 1. The Kier molecular flexibility index (Phi) is 10.7. The molecule has 15 atom stereocenters. The summed E-state index contributed by atoms with van der Waals surface area (Å²) < 4.78 is 22.9. The molecule has 0 unspecified atom stereocenters. The first-order valence-corrected chi connectivity index (χ1v) is 12.8. The number of nitrogens with zero attached hydrogens (tertiary/aromatic N) is 1. The average Bonchev–Trinajstić information content (AvgIpc) is 3.14. The van der Waals surface area contributed by atoms with E-state index in [9.17, 15) is 40.5 Å². The molecule has 3 aliphatic rings. The number of aliphatic hydroxyl groups is 7. The first-order valence-electron chi connectivity index (χ1n) is 12.4. The van der Waals surface area contributed by atoms with Crippen LogP contribution in [0.25, 0.3) is 0 Å². The SMILES string of the molecule is CN[C@@H]1[C@H](O[C@H]2[C@H](O[C@]3(Cl)[C@H](O)[C@@H](O)[C@H](NCN)[C@@H](O)[C@@H]3N=C(N)N)O[C@@H](C)[C@]2(O)C=O)O[C@@H](CO)[C@H](O)[C@H]1O. The van der Waals surface area contributed by atoms with Gasteiger partial charge in [0.25, 0.3) is 0 Å². The van der Waals surface area contributed by atoms with E-state index in [1.807, 2.05) is 0 Å². The van der Waals surface area contributed by atoms with Crippen molar-refractivity contribution in [3.05, 3.63) is 0 Å². The predicted octanol–water partition coefficient (Wildman–Crippen LogP) is -7.36. The molecule has 0 aromatic rings. The molecule has 0 radical (unpaired) electrons. The molecule has 0 aromatic carbocycles. The molecule has 3 fully saturated rings. The highest BCUT2D eigenvalue weighted by atomic mass is 35.5. The third-order valence-corrected chi connectivity index (χ3v) is 8.04. The lowest BCUT2D eigenvalue weighted by Crippen LogP contribution is -2.73. The summed E-state index contributed by atoms with van der Waals surface area (Å²) in [6, 6.07) is -4.07. The van der Waals surface area contributed by atoms with E-state index >= 15 is 0 Å². The molecule has 1 saturated carbocycles. The molecule has 1 aliphatic carbocycles. The molecule has 2 heterocycles. The van der Waals surface area contributed by atoms with Crippen molar-refractivity contribution in [2.75, 3.05) is 20.3 Å². The topological polar surface area (TPSA) is 310 Å². The van der Waals surface area contributed by atoms with Crippen molar-refractivity contribution in [1.82, 2.24) is 10.6 Å². The van der Waals surface area contributed by atoms with Gasteiger partial charge in [0, 0.05) is 6.67 Å². The van der Waals surface area contributed by atoms with Crippen molar-refractivity contribution in [3.8, 4) is 0 Å². The fraction of sp³-hybridized carbons (Fsp3) is 0.905. The number of hydrogen-bond donors (Lipinski definition) is 12. The highest BCUT2D eigenvalue weighted by Gasteiger charge is 2.65. The molecule has 15 N–H and O–H groups in total. The highest BCUT2D eigenvalue weighted by Crippen LogP contribution is 2.44. The Morgan fingerprint density at radius 2 is 1.73 bits per heavy atom. The molecule has 0 amide bonds. The van der Waals surface area contributed by atoms with Crippen LogP contribution in [0.1, 0.15) is 6.92 Å². The van der Waals surface area contributed by atoms with Gasteiger partial charge in [0.1, 0.15) is 42.7 Å². The van der Waals surface area contributed by atoms with Crippen molar-refractivity contribution >= 4 is 23.8 Å². The van der Waals surface area contributed by atoms with Crippen LogP contribution in [0.2, 0.25) is 0 Å². The standard InChI is InChI=1S/C21H39ClN6O12/c1-6-20(36,4-30)16(39-17-9(26-2)11(32)10(31)7(3-29)38-17)18(37-6)40-21(22)14(28-19(24)25)12(33)8(27-5-23)13(34)15(21)35/h4,6-18,26-27,29,31-36H,3,5,23H2,1-2H3,(H4,24,25,28)/t6-,7-,8+,9-,10-,11-,12+,13-,14-,15+,16-,17-,18-,20+,21-/m0/s1. The number of halogens is 1. The second-order valence-corrected chi connectivity index (χ2v) is 10.5. The second kappa shape index (κ2) is 12.9. The molecule has 0 spiro atoms. The Labute approximate surface area is 234 Å². The van der Waals surface area contributed by atoms with E-state index in [1.54, 1.807) is 0 Å². The van der Waals surface area contributed by atoms with Gasteiger partial charge in [-0.15, -0.1) is 0 Å². The number of aldehydes is 1. The summed E-state index contributed by atoms with van der Waals surface area (Å²) in [5, 5.41) is 77.0. The molecular weight excluding hydrogens is 564 g/mol. The van der Waals surface area contributed by atoms with Crippen LogP contribution in [0.3, 0.4) is 0 Å². The van der Waals surface area contributed by atoms with Crippen molar-refractivity contribution in [1.29, 1.82) is 0 Å². The van der Waals surface area contributed by atoms with Crippen LogP contribution in [0, 0.1) is 0 Å². The van der Waals surface area contributed by atoms with Gasteiger partial charge in [0.15, 0.2) is 35.5 Å². The zero-order valence-electron chi connectivity index (χ0n) is 21.7. The summed E-state index contributed by atoms with van der Waals surface area (Å²) in [4.78, 5) is 16.0. The number of ether oxygens (including phenoxy) is 4. The van der Waals surface area contributed by atoms with Crippen LogP contribution < -0.4 is 27.8 Å². The van der Waals surface area contributed by atoms with Gasteiger partial charge in [0.2, 0.25) is 0 Å². The lowest BCUT2D eigenvalue weighted by molar-refractivity contribution is -0.318. The number of alkyl halides is 1. The third-order valence-electron chi connectivity index (χ3n) is 7.50. The van der Waals surface area contributed by atoms with Crippen molar-refractivity contribution in [2.45, 2.75) is 97.1 Å². The Morgan fingerprint density at radius 1 is 1.07 bits per heavy atom. The highest BCUT2D eigenvalue weighted by molar-refractivity contribution is 6.24. The number of likely N-dealkylation sites (N-methyl/N-ethyl adjacent to an activating group) is 1. The smallest absolute Gasteiger partial charge is 0.198 e. The number of aliphatic imine (C=N–C) groups is 1. The molecule has 19 heteroatoms. The molecule has 0 bridgehead atoms. The Morgan fingerprint density at radius 3 is 2.25 bits per heavy atom. The van der Waals surface area contributed by atoms with Gasteiger partial charge >= 0.3 is 0 Å². The number of hydrogen-bond acceptors (Lipinski definition) is 16. The lowest BCUT2D eigenvalue weighted by Gasteiger charge is -2.50. The van der Waals surface area contributed by atoms with Gasteiger partial charge in [-0.05, 0) is 14.0 Å². The predicted molar refractivity (Wildman–Crippen MR) is 134 cm³/mol. The van der Waals surface area contributed by atoms with Crippen LogP contribution in [-0.2, 0) is 23.7 Å². The minimum atomic E-state index is -2.55. The molecular formula is C21H39ClN6O12. The van der Waals surface area contributed by atoms with Crippen LogP contribution >= 0.6 is 11.6 Å². The number of carbonyl (C=O) groups is 1. The van der Waals surface area contributed by atoms with Gasteiger partial charge in [-0.25, -0.2) is 4.99 Å². The first-order chi connectivity index (χ1) is 18.7. The normalized spacial score (nSPS) is 49.5. The van der Waals surface area contributed by atoms with E-state index in [4.69, 9.17) is 47.7 Å². The summed E-state index contributed by atoms with van der Waals surface area (Å²) in [5.41, 5.74) is 14.1. The van der Waals surface area contributed by atoms with Crippen molar-refractivity contribution in [2.24, 2.45) is 22.2 Å². The molecule has 40 heavy (non-hydrogen) atoms. The number of aliphatic hydroxyl groups excluding tert-OH is 6. The maximum Gasteiger partial charge on any atom is 0.198 e. The summed E-state index contributed by atoms with van der Waals surface area (Å²) in [7, 11) is 1.41. The average molecular weight is 603 g/mol. The van der Waals surface area contributed by atoms with Gasteiger partial charge in [-0.3, -0.25) is 10.1 Å². The minimum Gasteiger partial charge on any atom is -0.394 e. The van der Waals surface area contributed by atoms with Crippen LogP contribution in [0.15, 0.2) is 4.99 Å². The molecule has 18 nitrogen and oxygen atoms in total. The maximum absolute atomic E-state index is 12.1. The van der Waals surface area contributed by atoms with E-state index in [-0.39, 0.29) is 13.0 Å². The summed E-state index contributed by atoms with van der Waals surface area (Å²) in [6.45, 7) is 0.372. The van der Waals surface area contributed by atoms with Crippen LogP contribution in [0.4, 0.5) is 0 Å². The van der Waals surface area contributed by atoms with E-state index in [2.05, 4.69) is 15.6 Å². The van der Waals surface area contributed by atoms with E-state index < -0.39 is 103 Å². The molecule has 0 aromatic heterocycles. The van der Waals surface area contributed by atoms with E-state index in [0.29, 0.717) is 0 Å². The minimum absolute atomic E-state index is 0.119. The van der Waals surface area contributed by atoms with Gasteiger partial charge in [-0.2, -0.15) is 0 Å². The number of guanidine groups is 1. The first kappa shape index (κ1) is 33.2. The van der Waals surface area contributed by atoms with Crippen LogP contribution in [0.5, 0.6) is 0 Å². The summed E-state index contributed by atoms with van der Waals surface area (Å²) >= 11 is 6.68. The zero-order valence-corrected chi connectivity index (χ0v) is 22.5. The monoisotopic (exact) mass is 602 g/mol. The van der Waals surface area contributed by atoms with E-state index in [1.165, 1.54) is 14.0 Å². The fourth-order valence-corrected chi connectivity index (χ4v) is 5.56. The molecule has 2 aliphatic heterocycles. The molecule has 232 valence electrons. The Hall–Kier alpha value is -1.33. The van der Waals surface area contributed by atoms with Gasteiger partial charge in [-0.1, -0.05) is 11.6 Å². The molecule has 3 rings (SSSR count). The number of nitrogens with one attached hydrogen (secondary N) is 2. The largest absolute Gasteiger partial charge is 0.394 e. The van der Waals surface area contributed by atoms with Gasteiger partial charge in [0.05, 0.1) is 30.9 Å². The fourth-order valence-electron chi connectivity index (χ4n) is 5.16. The Bertz CT molecular complexity index is 908. The number of nitrogens with two attached hydrogens (primary N) is 3. The lowest BCUT2D eigenvalue weighted by atomic mass is 9.81. The Balaban J connectivity index is 2.00. The second-order valence-electron chi connectivity index (χ2n) is 9.90. The maximum atomic E-state index is 12.1. The summed E-state index contributed by atoms with van der Waals surface area (Å²) in [6.07, 6.45) is -16.2. The van der Waals surface area contributed by atoms with Gasteiger partial charge < -0.3 is 77.2 Å². The molecule has 2 saturated heterocycles.